The molecular weight excluding hydrogens is 340 g/mol. The molecule has 0 bridgehead atoms. The molecule has 1 heterocycles. The second-order valence-corrected chi connectivity index (χ2v) is 6.44. The van der Waals surface area contributed by atoms with Crippen molar-refractivity contribution in [2.24, 2.45) is 4.99 Å². The lowest BCUT2D eigenvalue weighted by Crippen LogP contribution is -2.36. The number of rotatable bonds is 8. The maximum atomic E-state index is 6.07. The zero-order chi connectivity index (χ0) is 19.6. The highest BCUT2D eigenvalue weighted by molar-refractivity contribution is 5.79. The van der Waals surface area contributed by atoms with Gasteiger partial charge < -0.3 is 20.1 Å². The highest BCUT2D eigenvalue weighted by Crippen LogP contribution is 2.22. The molecule has 0 aliphatic rings. The van der Waals surface area contributed by atoms with Crippen molar-refractivity contribution >= 4 is 5.96 Å². The molecule has 0 fully saturated rings. The van der Waals surface area contributed by atoms with Crippen LogP contribution in [-0.4, -0.2) is 31.2 Å². The summed E-state index contributed by atoms with van der Waals surface area (Å²) >= 11 is 0. The molecule has 0 saturated carbocycles. The van der Waals surface area contributed by atoms with Crippen LogP contribution in [0.4, 0.5) is 0 Å². The van der Waals surface area contributed by atoms with E-state index in [0.717, 1.165) is 29.3 Å². The van der Waals surface area contributed by atoms with Crippen molar-refractivity contribution in [1.29, 1.82) is 0 Å². The molecule has 0 amide bonds. The highest BCUT2D eigenvalue weighted by Gasteiger charge is 2.09. The summed E-state index contributed by atoms with van der Waals surface area (Å²) in [6.45, 7) is 7.54. The van der Waals surface area contributed by atoms with Gasteiger partial charge in [0.2, 0.25) is 5.88 Å². The number of aryl methyl sites for hydroxylation is 1. The molecule has 2 aromatic rings. The predicted molar refractivity (Wildman–Crippen MR) is 109 cm³/mol. The van der Waals surface area contributed by atoms with Gasteiger partial charge in [0.15, 0.2) is 5.96 Å². The summed E-state index contributed by atoms with van der Waals surface area (Å²) in [6, 6.07) is 10.1. The Bertz CT molecular complexity index is 744. The van der Waals surface area contributed by atoms with Gasteiger partial charge in [-0.3, -0.25) is 4.99 Å². The van der Waals surface area contributed by atoms with E-state index in [1.807, 2.05) is 12.1 Å². The number of nitrogens with one attached hydrogen (secondary N) is 2. The zero-order valence-corrected chi connectivity index (χ0v) is 16.9. The molecule has 0 saturated heterocycles. The molecule has 0 aliphatic heterocycles. The number of methoxy groups -OCH3 is 1. The predicted octanol–water partition coefficient (Wildman–Crippen LogP) is 3.44. The molecule has 27 heavy (non-hydrogen) atoms. The standard InChI is InChI=1S/C21H30N4O2/c1-6-16(3)27-19-11-15(2)7-9-18(19)14-25-21(22-4)24-13-17-8-10-20(26-5)23-12-17/h7-12,16H,6,13-14H2,1-5H3,(H2,22,24,25). The Kier molecular flexibility index (Phi) is 7.92. The van der Waals surface area contributed by atoms with Gasteiger partial charge in [-0.25, -0.2) is 4.98 Å². The summed E-state index contributed by atoms with van der Waals surface area (Å²) in [6.07, 6.45) is 2.95. The molecule has 2 rings (SSSR count). The molecule has 146 valence electrons. The molecule has 0 aliphatic carbocycles. The largest absolute Gasteiger partial charge is 0.490 e. The Morgan fingerprint density at radius 3 is 2.59 bits per heavy atom. The van der Waals surface area contributed by atoms with Crippen LogP contribution in [0.15, 0.2) is 41.5 Å². The van der Waals surface area contributed by atoms with E-state index in [4.69, 9.17) is 9.47 Å². The van der Waals surface area contributed by atoms with Gasteiger partial charge in [-0.05, 0) is 37.5 Å². The SMILES string of the molecule is CCC(C)Oc1cc(C)ccc1CNC(=NC)NCc1ccc(OC)nc1. The van der Waals surface area contributed by atoms with E-state index < -0.39 is 0 Å². The van der Waals surface area contributed by atoms with Gasteiger partial charge in [0.25, 0.3) is 0 Å². The zero-order valence-electron chi connectivity index (χ0n) is 16.9. The monoisotopic (exact) mass is 370 g/mol. The minimum atomic E-state index is 0.186. The first-order valence-electron chi connectivity index (χ1n) is 9.25. The van der Waals surface area contributed by atoms with Crippen LogP contribution in [0.5, 0.6) is 11.6 Å². The van der Waals surface area contributed by atoms with Crippen molar-refractivity contribution in [1.82, 2.24) is 15.6 Å². The molecule has 6 heteroatoms. The van der Waals surface area contributed by atoms with Gasteiger partial charge >= 0.3 is 0 Å². The van der Waals surface area contributed by atoms with Crippen LogP contribution in [0.3, 0.4) is 0 Å². The van der Waals surface area contributed by atoms with Crippen molar-refractivity contribution in [3.63, 3.8) is 0 Å². The lowest BCUT2D eigenvalue weighted by Gasteiger charge is -2.18. The van der Waals surface area contributed by atoms with E-state index in [-0.39, 0.29) is 6.10 Å². The molecular formula is C21H30N4O2. The Hall–Kier alpha value is -2.76. The Labute approximate surface area is 162 Å². The average Bonchev–Trinajstić information content (AvgIpc) is 2.69. The van der Waals surface area contributed by atoms with Crippen LogP contribution < -0.4 is 20.1 Å². The van der Waals surface area contributed by atoms with Crippen LogP contribution in [0.25, 0.3) is 0 Å². The van der Waals surface area contributed by atoms with Crippen molar-refractivity contribution in [3.8, 4) is 11.6 Å². The number of hydrogen-bond donors (Lipinski definition) is 2. The highest BCUT2D eigenvalue weighted by atomic mass is 16.5. The lowest BCUT2D eigenvalue weighted by molar-refractivity contribution is 0.215. The number of nitrogens with zero attached hydrogens (tertiary/aromatic N) is 2. The van der Waals surface area contributed by atoms with E-state index in [2.05, 4.69) is 59.6 Å². The molecule has 1 unspecified atom stereocenters. The van der Waals surface area contributed by atoms with Gasteiger partial charge in [-0.1, -0.05) is 25.1 Å². The number of aliphatic imine (C=N–C) groups is 1. The Morgan fingerprint density at radius 1 is 1.19 bits per heavy atom. The van der Waals surface area contributed by atoms with E-state index in [1.165, 1.54) is 5.56 Å². The third kappa shape index (κ3) is 6.47. The molecule has 1 atom stereocenters. The second kappa shape index (κ2) is 10.4. The molecule has 1 aromatic heterocycles. The summed E-state index contributed by atoms with van der Waals surface area (Å²) in [7, 11) is 3.36. The van der Waals surface area contributed by atoms with Crippen LogP contribution in [-0.2, 0) is 13.1 Å². The second-order valence-electron chi connectivity index (χ2n) is 6.44. The summed E-state index contributed by atoms with van der Waals surface area (Å²) in [5, 5.41) is 6.64. The number of guanidine groups is 1. The van der Waals surface area contributed by atoms with Crippen LogP contribution in [0.2, 0.25) is 0 Å². The molecule has 2 N–H and O–H groups in total. The summed E-state index contributed by atoms with van der Waals surface area (Å²) in [5.74, 6) is 2.25. The topological polar surface area (TPSA) is 67.8 Å². The molecule has 6 nitrogen and oxygen atoms in total. The lowest BCUT2D eigenvalue weighted by atomic mass is 10.1. The van der Waals surface area contributed by atoms with E-state index in [9.17, 15) is 0 Å². The Balaban J connectivity index is 1.95. The number of pyridine rings is 1. The number of aromatic nitrogens is 1. The van der Waals surface area contributed by atoms with Crippen molar-refractivity contribution in [2.75, 3.05) is 14.2 Å². The van der Waals surface area contributed by atoms with Crippen molar-refractivity contribution < 1.29 is 9.47 Å². The van der Waals surface area contributed by atoms with Crippen LogP contribution >= 0.6 is 0 Å². The average molecular weight is 370 g/mol. The third-order valence-electron chi connectivity index (χ3n) is 4.26. The Morgan fingerprint density at radius 2 is 1.96 bits per heavy atom. The number of ether oxygens (including phenoxy) is 2. The van der Waals surface area contributed by atoms with E-state index >= 15 is 0 Å². The molecule has 0 spiro atoms. The first-order valence-corrected chi connectivity index (χ1v) is 9.25. The number of benzene rings is 1. The third-order valence-corrected chi connectivity index (χ3v) is 4.26. The normalized spacial score (nSPS) is 12.4. The minimum absolute atomic E-state index is 0.186. The minimum Gasteiger partial charge on any atom is -0.490 e. The van der Waals surface area contributed by atoms with Gasteiger partial charge in [0, 0.05) is 38.0 Å². The fraction of sp³-hybridized carbons (Fsp3) is 0.429. The molecule has 0 radical (unpaired) electrons. The smallest absolute Gasteiger partial charge is 0.212 e. The van der Waals surface area contributed by atoms with E-state index in [0.29, 0.717) is 19.0 Å². The maximum Gasteiger partial charge on any atom is 0.212 e. The quantitative estimate of drug-likeness (QED) is 0.550. The first-order chi connectivity index (χ1) is 13.0. The fourth-order valence-electron chi connectivity index (χ4n) is 2.44. The van der Waals surface area contributed by atoms with Crippen molar-refractivity contribution in [2.45, 2.75) is 46.4 Å². The van der Waals surface area contributed by atoms with Gasteiger partial charge in [0.05, 0.1) is 13.2 Å². The number of hydrogen-bond acceptors (Lipinski definition) is 4. The van der Waals surface area contributed by atoms with E-state index in [1.54, 1.807) is 20.4 Å². The van der Waals surface area contributed by atoms with Gasteiger partial charge in [-0.15, -0.1) is 0 Å². The fourth-order valence-corrected chi connectivity index (χ4v) is 2.44. The van der Waals surface area contributed by atoms with Gasteiger partial charge in [-0.2, -0.15) is 0 Å². The summed E-state index contributed by atoms with van der Waals surface area (Å²) in [5.41, 5.74) is 3.34. The van der Waals surface area contributed by atoms with Crippen LogP contribution in [0, 0.1) is 6.92 Å². The maximum absolute atomic E-state index is 6.07. The first kappa shape index (κ1) is 20.6. The van der Waals surface area contributed by atoms with Crippen LogP contribution in [0.1, 0.15) is 37.0 Å². The molecule has 1 aromatic carbocycles. The van der Waals surface area contributed by atoms with Gasteiger partial charge in [0.1, 0.15) is 5.75 Å². The summed E-state index contributed by atoms with van der Waals surface area (Å²) < 4.78 is 11.2. The van der Waals surface area contributed by atoms with Crippen molar-refractivity contribution in [3.05, 3.63) is 53.2 Å². The summed E-state index contributed by atoms with van der Waals surface area (Å²) in [4.78, 5) is 8.50.